The van der Waals surface area contributed by atoms with E-state index in [1.807, 2.05) is 54.6 Å². The van der Waals surface area contributed by atoms with Crippen LogP contribution in [-0.2, 0) is 0 Å². The summed E-state index contributed by atoms with van der Waals surface area (Å²) in [5.74, 6) is 1.44. The molecule has 2 N–H and O–H groups in total. The zero-order chi connectivity index (χ0) is 22.1. The summed E-state index contributed by atoms with van der Waals surface area (Å²) >= 11 is 8.67. The maximum atomic E-state index is 12.6. The Labute approximate surface area is 194 Å². The number of carbonyl (C=O) groups excluding carboxylic acids is 1. The number of para-hydroxylation sites is 3. The quantitative estimate of drug-likeness (QED) is 0.333. The monoisotopic (exact) mass is 500 g/mol. The molecule has 1 amide bonds. The summed E-state index contributed by atoms with van der Waals surface area (Å²) in [6.45, 7) is 0.740. The van der Waals surface area contributed by atoms with E-state index in [-0.39, 0.29) is 11.0 Å². The highest BCUT2D eigenvalue weighted by Crippen LogP contribution is 2.25. The second-order valence-electron chi connectivity index (χ2n) is 6.26. The first-order valence-corrected chi connectivity index (χ1v) is 10.6. The van der Waals surface area contributed by atoms with Gasteiger partial charge in [-0.15, -0.1) is 0 Å². The largest absolute Gasteiger partial charge is 0.496 e. The minimum absolute atomic E-state index is 0.142. The molecule has 0 bridgehead atoms. The summed E-state index contributed by atoms with van der Waals surface area (Å²) in [4.78, 5) is 12.6. The van der Waals surface area contributed by atoms with Crippen LogP contribution >= 0.6 is 28.1 Å². The number of hydrogen-bond donors (Lipinski definition) is 2. The van der Waals surface area contributed by atoms with E-state index in [4.69, 9.17) is 26.4 Å². The number of thiocarbonyl (C=S) groups is 1. The second-order valence-corrected chi connectivity index (χ2v) is 7.58. The lowest BCUT2D eigenvalue weighted by Gasteiger charge is -2.15. The number of benzene rings is 3. The van der Waals surface area contributed by atoms with E-state index in [0.29, 0.717) is 36.0 Å². The second kappa shape index (κ2) is 11.3. The third kappa shape index (κ3) is 6.70. The van der Waals surface area contributed by atoms with Crippen molar-refractivity contribution in [2.24, 2.45) is 0 Å². The van der Waals surface area contributed by atoms with Crippen molar-refractivity contribution in [2.45, 2.75) is 0 Å². The van der Waals surface area contributed by atoms with Gasteiger partial charge in [0.2, 0.25) is 0 Å². The normalized spacial score (nSPS) is 10.1. The van der Waals surface area contributed by atoms with Crippen molar-refractivity contribution in [2.75, 3.05) is 25.6 Å². The Morgan fingerprint density at radius 1 is 0.935 bits per heavy atom. The molecule has 0 saturated carbocycles. The smallest absolute Gasteiger partial charge is 0.261 e. The molecule has 160 valence electrons. The van der Waals surface area contributed by atoms with Crippen LogP contribution in [0.3, 0.4) is 0 Å². The van der Waals surface area contributed by atoms with Gasteiger partial charge in [0, 0.05) is 4.47 Å². The van der Waals surface area contributed by atoms with Crippen molar-refractivity contribution in [1.29, 1.82) is 0 Å². The minimum atomic E-state index is -0.384. The predicted molar refractivity (Wildman–Crippen MR) is 128 cm³/mol. The minimum Gasteiger partial charge on any atom is -0.496 e. The molecule has 0 aliphatic carbocycles. The van der Waals surface area contributed by atoms with Crippen molar-refractivity contribution >= 4 is 44.9 Å². The standard InChI is InChI=1S/C23H21BrN2O4S/c1-28-20-12-11-16(24)15-18(20)22(27)26-23(31)25-19-9-5-6-10-21(19)30-14-13-29-17-7-3-2-4-8-17/h2-12,15H,13-14H2,1H3,(H2,25,26,27,31). The van der Waals surface area contributed by atoms with Gasteiger partial charge in [0.1, 0.15) is 30.5 Å². The van der Waals surface area contributed by atoms with Crippen molar-refractivity contribution < 1.29 is 19.0 Å². The number of anilines is 1. The van der Waals surface area contributed by atoms with E-state index in [1.165, 1.54) is 7.11 Å². The van der Waals surface area contributed by atoms with Crippen LogP contribution in [-0.4, -0.2) is 31.3 Å². The van der Waals surface area contributed by atoms with E-state index in [0.717, 1.165) is 10.2 Å². The van der Waals surface area contributed by atoms with Gasteiger partial charge in [-0.1, -0.05) is 46.3 Å². The molecular formula is C23H21BrN2O4S. The molecule has 3 aromatic carbocycles. The van der Waals surface area contributed by atoms with Gasteiger partial charge in [-0.3, -0.25) is 10.1 Å². The van der Waals surface area contributed by atoms with Crippen molar-refractivity contribution in [3.8, 4) is 17.2 Å². The molecule has 0 heterocycles. The Morgan fingerprint density at radius 3 is 2.42 bits per heavy atom. The zero-order valence-corrected chi connectivity index (χ0v) is 19.2. The SMILES string of the molecule is COc1ccc(Br)cc1C(=O)NC(=S)Nc1ccccc1OCCOc1ccccc1. The molecule has 0 unspecified atom stereocenters. The van der Waals surface area contributed by atoms with Gasteiger partial charge < -0.3 is 19.5 Å². The van der Waals surface area contributed by atoms with Gasteiger partial charge in [0.15, 0.2) is 5.11 Å². The average molecular weight is 501 g/mol. The van der Waals surface area contributed by atoms with Crippen LogP contribution in [0.4, 0.5) is 5.69 Å². The van der Waals surface area contributed by atoms with Crippen LogP contribution in [0.25, 0.3) is 0 Å². The van der Waals surface area contributed by atoms with Crippen molar-refractivity contribution in [3.05, 3.63) is 82.8 Å². The van der Waals surface area contributed by atoms with Crippen LogP contribution in [0.15, 0.2) is 77.3 Å². The molecule has 3 rings (SSSR count). The molecular weight excluding hydrogens is 480 g/mol. The highest BCUT2D eigenvalue weighted by atomic mass is 79.9. The summed E-state index contributed by atoms with van der Waals surface area (Å²) in [5, 5.41) is 5.81. The Bertz CT molecular complexity index is 1050. The average Bonchev–Trinajstić information content (AvgIpc) is 2.78. The number of hydrogen-bond acceptors (Lipinski definition) is 5. The molecule has 0 saturated heterocycles. The Balaban J connectivity index is 1.56. The van der Waals surface area contributed by atoms with Gasteiger partial charge in [-0.2, -0.15) is 0 Å². The third-order valence-electron chi connectivity index (χ3n) is 4.12. The fourth-order valence-corrected chi connectivity index (χ4v) is 3.27. The topological polar surface area (TPSA) is 68.8 Å². The number of carbonyl (C=O) groups is 1. The summed E-state index contributed by atoms with van der Waals surface area (Å²) in [7, 11) is 1.51. The molecule has 31 heavy (non-hydrogen) atoms. The summed E-state index contributed by atoms with van der Waals surface area (Å²) in [6.07, 6.45) is 0. The van der Waals surface area contributed by atoms with Gasteiger partial charge in [0.05, 0.1) is 18.4 Å². The molecule has 3 aromatic rings. The van der Waals surface area contributed by atoms with E-state index in [1.54, 1.807) is 18.2 Å². The summed E-state index contributed by atoms with van der Waals surface area (Å²) < 4.78 is 17.5. The molecule has 0 spiro atoms. The molecule has 6 nitrogen and oxygen atoms in total. The van der Waals surface area contributed by atoms with Gasteiger partial charge in [-0.05, 0) is 54.7 Å². The fraction of sp³-hybridized carbons (Fsp3) is 0.130. The van der Waals surface area contributed by atoms with Crippen LogP contribution < -0.4 is 24.8 Å². The number of methoxy groups -OCH3 is 1. The Kier molecular flexibility index (Phi) is 8.26. The number of rotatable bonds is 8. The number of nitrogens with one attached hydrogen (secondary N) is 2. The molecule has 0 aliphatic heterocycles. The van der Waals surface area contributed by atoms with Crippen LogP contribution in [0.2, 0.25) is 0 Å². The highest BCUT2D eigenvalue weighted by Gasteiger charge is 2.15. The lowest BCUT2D eigenvalue weighted by Crippen LogP contribution is -2.34. The van der Waals surface area contributed by atoms with Crippen LogP contribution in [0.1, 0.15) is 10.4 Å². The van der Waals surface area contributed by atoms with E-state index >= 15 is 0 Å². The molecule has 0 aromatic heterocycles. The van der Waals surface area contributed by atoms with Gasteiger partial charge in [-0.25, -0.2) is 0 Å². The lowest BCUT2D eigenvalue weighted by atomic mass is 10.2. The first kappa shape index (κ1) is 22.6. The van der Waals surface area contributed by atoms with Crippen LogP contribution in [0, 0.1) is 0 Å². The third-order valence-corrected chi connectivity index (χ3v) is 4.82. The van der Waals surface area contributed by atoms with Gasteiger partial charge in [0.25, 0.3) is 5.91 Å². The molecule has 0 radical (unpaired) electrons. The summed E-state index contributed by atoms with van der Waals surface area (Å²) in [6, 6.07) is 22.0. The first-order valence-electron chi connectivity index (χ1n) is 9.42. The van der Waals surface area contributed by atoms with E-state index < -0.39 is 0 Å². The van der Waals surface area contributed by atoms with Crippen LogP contribution in [0.5, 0.6) is 17.2 Å². The molecule has 0 aliphatic rings. The zero-order valence-electron chi connectivity index (χ0n) is 16.8. The number of amides is 1. The number of halogens is 1. The number of ether oxygens (including phenoxy) is 3. The molecule has 0 fully saturated rings. The lowest BCUT2D eigenvalue weighted by molar-refractivity contribution is 0.0974. The Hall–Kier alpha value is -3.10. The Morgan fingerprint density at radius 2 is 1.65 bits per heavy atom. The van der Waals surface area contributed by atoms with Crippen molar-refractivity contribution in [1.82, 2.24) is 5.32 Å². The van der Waals surface area contributed by atoms with Gasteiger partial charge >= 0.3 is 0 Å². The maximum Gasteiger partial charge on any atom is 0.261 e. The van der Waals surface area contributed by atoms with E-state index in [2.05, 4.69) is 26.6 Å². The first-order chi connectivity index (χ1) is 15.1. The maximum absolute atomic E-state index is 12.6. The highest BCUT2D eigenvalue weighted by molar-refractivity contribution is 9.10. The molecule has 0 atom stereocenters. The summed E-state index contributed by atoms with van der Waals surface area (Å²) in [5.41, 5.74) is 0.998. The van der Waals surface area contributed by atoms with E-state index in [9.17, 15) is 4.79 Å². The van der Waals surface area contributed by atoms with Crippen molar-refractivity contribution in [3.63, 3.8) is 0 Å². The fourth-order valence-electron chi connectivity index (χ4n) is 2.71. The predicted octanol–water partition coefficient (Wildman–Crippen LogP) is 5.04. The molecule has 8 heteroatoms.